The number of amides is 1. The van der Waals surface area contributed by atoms with E-state index >= 15 is 0 Å². The van der Waals surface area contributed by atoms with E-state index in [1.807, 2.05) is 0 Å². The third kappa shape index (κ3) is 4.70. The molecule has 1 aliphatic carbocycles. The molecule has 1 aromatic carbocycles. The third-order valence-corrected chi connectivity index (χ3v) is 6.45. The number of hydrogen-bond acceptors (Lipinski definition) is 6. The standard InChI is InChI=1S/C19H25N3O5S/c1-12-7-9-14(10-8-12)21-17(23)11-27-19(24)13(2)20-18-15-5-3-4-6-16(15)28(25,26)22-18/h3-6,12-14H,7-11H2,1-2H3,(H,20,22)(H,21,23)/t12?,13-,14?/m0/s1. The van der Waals surface area contributed by atoms with Crippen LogP contribution in [-0.4, -0.2) is 44.8 Å². The Labute approximate surface area is 164 Å². The monoisotopic (exact) mass is 407 g/mol. The third-order valence-electron chi connectivity index (χ3n) is 5.05. The maximum atomic E-state index is 12.2. The number of fused-ring (bicyclic) bond motifs is 1. The average Bonchev–Trinajstić information content (AvgIpc) is 2.92. The molecule has 1 aromatic rings. The van der Waals surface area contributed by atoms with E-state index in [2.05, 4.69) is 22.0 Å². The molecule has 28 heavy (non-hydrogen) atoms. The zero-order chi connectivity index (χ0) is 20.3. The molecule has 0 unspecified atom stereocenters. The van der Waals surface area contributed by atoms with Gasteiger partial charge in [-0.05, 0) is 50.7 Å². The van der Waals surface area contributed by atoms with Gasteiger partial charge in [-0.1, -0.05) is 19.1 Å². The van der Waals surface area contributed by atoms with Crippen LogP contribution in [0.4, 0.5) is 0 Å². The van der Waals surface area contributed by atoms with Crippen molar-refractivity contribution in [1.82, 2.24) is 10.0 Å². The van der Waals surface area contributed by atoms with Gasteiger partial charge in [0.2, 0.25) is 0 Å². The fourth-order valence-corrected chi connectivity index (χ4v) is 4.65. The van der Waals surface area contributed by atoms with Crippen LogP contribution in [0.5, 0.6) is 0 Å². The van der Waals surface area contributed by atoms with Crippen molar-refractivity contribution in [2.24, 2.45) is 10.9 Å². The lowest BCUT2D eigenvalue weighted by Gasteiger charge is -2.26. The zero-order valence-electron chi connectivity index (χ0n) is 16.0. The number of esters is 1. The van der Waals surface area contributed by atoms with Gasteiger partial charge in [0.25, 0.3) is 15.9 Å². The molecule has 0 bridgehead atoms. The lowest BCUT2D eigenvalue weighted by Crippen LogP contribution is -2.40. The summed E-state index contributed by atoms with van der Waals surface area (Å²) in [6.45, 7) is 3.32. The SMILES string of the molecule is CC1CCC(NC(=O)COC(=O)[C@H](C)N=C2NS(=O)(=O)c3ccccc32)CC1. The van der Waals surface area contributed by atoms with Crippen molar-refractivity contribution >= 4 is 27.7 Å². The lowest BCUT2D eigenvalue weighted by molar-refractivity contribution is -0.149. The van der Waals surface area contributed by atoms with Crippen LogP contribution in [0.2, 0.25) is 0 Å². The molecule has 0 aromatic heterocycles. The van der Waals surface area contributed by atoms with E-state index in [1.54, 1.807) is 18.2 Å². The largest absolute Gasteiger partial charge is 0.454 e. The van der Waals surface area contributed by atoms with E-state index in [1.165, 1.54) is 13.0 Å². The Morgan fingerprint density at radius 2 is 1.93 bits per heavy atom. The molecule has 1 aliphatic heterocycles. The predicted octanol–water partition coefficient (Wildman–Crippen LogP) is 1.35. The fourth-order valence-electron chi connectivity index (χ4n) is 3.41. The van der Waals surface area contributed by atoms with Crippen LogP contribution in [0.15, 0.2) is 34.2 Å². The first kappa shape index (κ1) is 20.3. The Morgan fingerprint density at radius 3 is 2.64 bits per heavy atom. The molecule has 0 saturated heterocycles. The van der Waals surface area contributed by atoms with Gasteiger partial charge in [0.05, 0.1) is 4.90 Å². The highest BCUT2D eigenvalue weighted by Gasteiger charge is 2.31. The van der Waals surface area contributed by atoms with E-state index < -0.39 is 22.0 Å². The summed E-state index contributed by atoms with van der Waals surface area (Å²) in [5.41, 5.74) is 0.409. The summed E-state index contributed by atoms with van der Waals surface area (Å²) in [4.78, 5) is 28.4. The van der Waals surface area contributed by atoms with Crippen LogP contribution in [0.1, 0.15) is 45.1 Å². The highest BCUT2D eigenvalue weighted by atomic mass is 32.2. The minimum atomic E-state index is -3.67. The van der Waals surface area contributed by atoms with Gasteiger partial charge in [-0.25, -0.2) is 13.2 Å². The Hall–Kier alpha value is -2.42. The van der Waals surface area contributed by atoms with Crippen molar-refractivity contribution in [3.05, 3.63) is 29.8 Å². The van der Waals surface area contributed by atoms with Crippen molar-refractivity contribution in [1.29, 1.82) is 0 Å². The smallest absolute Gasteiger partial charge is 0.331 e. The summed E-state index contributed by atoms with van der Waals surface area (Å²) in [6, 6.07) is 5.57. The number of rotatable bonds is 5. The number of aliphatic imine (C=N–C) groups is 1. The molecule has 1 amide bonds. The van der Waals surface area contributed by atoms with E-state index in [-0.39, 0.29) is 29.3 Å². The molecule has 1 fully saturated rings. The normalized spacial score (nSPS) is 25.4. The number of nitrogens with one attached hydrogen (secondary N) is 2. The first-order chi connectivity index (χ1) is 13.3. The highest BCUT2D eigenvalue weighted by Crippen LogP contribution is 2.24. The van der Waals surface area contributed by atoms with E-state index in [0.717, 1.165) is 25.7 Å². The number of ether oxygens (including phenoxy) is 1. The quantitative estimate of drug-likeness (QED) is 0.715. The van der Waals surface area contributed by atoms with Crippen LogP contribution >= 0.6 is 0 Å². The first-order valence-electron chi connectivity index (χ1n) is 9.42. The molecule has 1 atom stereocenters. The van der Waals surface area contributed by atoms with E-state index in [0.29, 0.717) is 11.5 Å². The van der Waals surface area contributed by atoms with Crippen molar-refractivity contribution in [3.63, 3.8) is 0 Å². The van der Waals surface area contributed by atoms with Crippen LogP contribution in [-0.2, 0) is 24.3 Å². The second-order valence-corrected chi connectivity index (χ2v) is 9.04. The molecule has 2 N–H and O–H groups in total. The number of hydrogen-bond donors (Lipinski definition) is 2. The molecule has 152 valence electrons. The van der Waals surface area contributed by atoms with Crippen molar-refractivity contribution in [2.75, 3.05) is 6.61 Å². The zero-order valence-corrected chi connectivity index (χ0v) is 16.8. The van der Waals surface area contributed by atoms with Gasteiger partial charge in [0.1, 0.15) is 11.9 Å². The van der Waals surface area contributed by atoms with Crippen LogP contribution in [0.25, 0.3) is 0 Å². The van der Waals surface area contributed by atoms with Gasteiger partial charge in [-0.2, -0.15) is 0 Å². The summed E-state index contributed by atoms with van der Waals surface area (Å²) in [5, 5.41) is 2.89. The van der Waals surface area contributed by atoms with Crippen LogP contribution in [0, 0.1) is 5.92 Å². The number of sulfonamides is 1. The number of benzene rings is 1. The van der Waals surface area contributed by atoms with Gasteiger partial charge in [-0.15, -0.1) is 0 Å². The molecular formula is C19H25N3O5S. The van der Waals surface area contributed by atoms with Crippen LogP contribution in [0.3, 0.4) is 0 Å². The lowest BCUT2D eigenvalue weighted by atomic mass is 9.87. The molecule has 0 radical (unpaired) electrons. The Balaban J connectivity index is 1.54. The molecule has 1 heterocycles. The first-order valence-corrected chi connectivity index (χ1v) is 10.9. The molecule has 8 nitrogen and oxygen atoms in total. The Morgan fingerprint density at radius 1 is 1.25 bits per heavy atom. The molecule has 0 spiro atoms. The Kier molecular flexibility index (Phi) is 6.02. The van der Waals surface area contributed by atoms with Crippen molar-refractivity contribution < 1.29 is 22.7 Å². The topological polar surface area (TPSA) is 114 Å². The second kappa shape index (κ2) is 8.30. The summed E-state index contributed by atoms with van der Waals surface area (Å²) in [7, 11) is -3.67. The average molecular weight is 407 g/mol. The number of carbonyl (C=O) groups is 2. The Bertz CT molecular complexity index is 889. The summed E-state index contributed by atoms with van der Waals surface area (Å²) >= 11 is 0. The van der Waals surface area contributed by atoms with E-state index in [9.17, 15) is 18.0 Å². The molecule has 9 heteroatoms. The summed E-state index contributed by atoms with van der Waals surface area (Å²) in [5.74, 6) is -0.243. The summed E-state index contributed by atoms with van der Waals surface area (Å²) in [6.07, 6.45) is 4.03. The van der Waals surface area contributed by atoms with E-state index in [4.69, 9.17) is 4.74 Å². The van der Waals surface area contributed by atoms with Gasteiger partial charge in [-0.3, -0.25) is 14.5 Å². The van der Waals surface area contributed by atoms with Gasteiger partial charge >= 0.3 is 5.97 Å². The highest BCUT2D eigenvalue weighted by molar-refractivity contribution is 7.90. The maximum Gasteiger partial charge on any atom is 0.331 e. The number of carbonyl (C=O) groups excluding carboxylic acids is 2. The molecule has 1 saturated carbocycles. The fraction of sp³-hybridized carbons (Fsp3) is 0.526. The maximum absolute atomic E-state index is 12.2. The van der Waals surface area contributed by atoms with Gasteiger partial charge < -0.3 is 10.1 Å². The predicted molar refractivity (Wildman–Crippen MR) is 103 cm³/mol. The summed E-state index contributed by atoms with van der Waals surface area (Å²) < 4.78 is 31.5. The van der Waals surface area contributed by atoms with Crippen LogP contribution < -0.4 is 10.0 Å². The van der Waals surface area contributed by atoms with Gasteiger partial charge in [0, 0.05) is 11.6 Å². The molecular weight excluding hydrogens is 382 g/mol. The molecule has 3 rings (SSSR count). The number of amidine groups is 1. The van der Waals surface area contributed by atoms with Crippen molar-refractivity contribution in [2.45, 2.75) is 56.5 Å². The number of nitrogens with zero attached hydrogens (tertiary/aromatic N) is 1. The minimum Gasteiger partial charge on any atom is -0.454 e. The van der Waals surface area contributed by atoms with Crippen molar-refractivity contribution in [3.8, 4) is 0 Å². The minimum absolute atomic E-state index is 0.0980. The molecule has 2 aliphatic rings. The van der Waals surface area contributed by atoms with Gasteiger partial charge in [0.15, 0.2) is 6.61 Å². The second-order valence-electron chi connectivity index (χ2n) is 7.39.